The average Bonchev–Trinajstić information content (AvgIpc) is 2.24. The molecule has 0 aromatic heterocycles. The molecule has 0 aliphatic heterocycles. The number of ether oxygens (including phenoxy) is 1. The van der Waals surface area contributed by atoms with Crippen molar-refractivity contribution in [3.05, 3.63) is 0 Å². The molecule has 0 fully saturated rings. The van der Waals surface area contributed by atoms with Gasteiger partial charge in [-0.25, -0.2) is 4.79 Å². The summed E-state index contributed by atoms with van der Waals surface area (Å²) >= 11 is 0. The summed E-state index contributed by atoms with van der Waals surface area (Å²) in [5.74, 6) is -0.944. The van der Waals surface area contributed by atoms with Gasteiger partial charge in [-0.1, -0.05) is 13.3 Å². The summed E-state index contributed by atoms with van der Waals surface area (Å²) in [6, 6.07) is -0.291. The Kier molecular flexibility index (Phi) is 8.24. The van der Waals surface area contributed by atoms with Crippen LogP contribution < -0.4 is 10.6 Å². The second-order valence-electron chi connectivity index (χ2n) is 3.45. The monoisotopic (exact) mass is 232 g/mol. The summed E-state index contributed by atoms with van der Waals surface area (Å²) in [6.07, 6.45) is 1.33. The van der Waals surface area contributed by atoms with Crippen LogP contribution in [0.15, 0.2) is 0 Å². The number of hydrogen-bond donors (Lipinski definition) is 3. The van der Waals surface area contributed by atoms with Crippen molar-refractivity contribution in [2.75, 3.05) is 20.2 Å². The number of methoxy groups -OCH3 is 1. The smallest absolute Gasteiger partial charge is 0.314 e. The fourth-order valence-electron chi connectivity index (χ4n) is 1.08. The highest BCUT2D eigenvalue weighted by atomic mass is 16.5. The first-order valence-corrected chi connectivity index (χ1v) is 5.36. The number of hydrogen-bond acceptors (Lipinski definition) is 3. The molecule has 0 bridgehead atoms. The van der Waals surface area contributed by atoms with Crippen LogP contribution in [0.4, 0.5) is 4.79 Å². The third-order valence-electron chi connectivity index (χ3n) is 2.04. The molecule has 0 spiro atoms. The largest absolute Gasteiger partial charge is 0.481 e. The average molecular weight is 232 g/mol. The fraction of sp³-hybridized carbons (Fsp3) is 0.800. The molecule has 0 saturated carbocycles. The van der Waals surface area contributed by atoms with Gasteiger partial charge in [-0.3, -0.25) is 4.79 Å². The molecule has 0 aliphatic rings. The lowest BCUT2D eigenvalue weighted by molar-refractivity contribution is -0.139. The maximum Gasteiger partial charge on any atom is 0.314 e. The van der Waals surface area contributed by atoms with Crippen molar-refractivity contribution in [3.63, 3.8) is 0 Å². The number of carboxylic acid groups (broad SMARTS) is 1. The summed E-state index contributed by atoms with van der Waals surface area (Å²) in [5.41, 5.74) is 0. The molecule has 0 aromatic carbocycles. The van der Waals surface area contributed by atoms with Gasteiger partial charge in [-0.15, -0.1) is 0 Å². The van der Waals surface area contributed by atoms with Gasteiger partial charge in [0.2, 0.25) is 0 Å². The molecule has 0 rings (SSSR count). The van der Waals surface area contributed by atoms with Crippen LogP contribution in [0.2, 0.25) is 0 Å². The Morgan fingerprint density at radius 1 is 1.38 bits per heavy atom. The molecule has 1 atom stereocenters. The minimum atomic E-state index is -0.944. The topological polar surface area (TPSA) is 87.7 Å². The van der Waals surface area contributed by atoms with Gasteiger partial charge >= 0.3 is 12.0 Å². The summed E-state index contributed by atoms with van der Waals surface area (Å²) in [7, 11) is 1.42. The van der Waals surface area contributed by atoms with Crippen LogP contribution in [0.1, 0.15) is 26.2 Å². The van der Waals surface area contributed by atoms with Gasteiger partial charge in [0.05, 0.1) is 12.5 Å². The standard InChI is InChI=1S/C10H20N2O4/c1-3-4-5-11-10(15)12-7-8(16-2)6-9(13)14/h8H,3-7H2,1-2H3,(H,13,14)(H2,11,12,15). The third-order valence-corrected chi connectivity index (χ3v) is 2.04. The van der Waals surface area contributed by atoms with Gasteiger partial charge < -0.3 is 20.5 Å². The number of urea groups is 1. The number of rotatable bonds is 8. The van der Waals surface area contributed by atoms with Crippen LogP contribution in [0.3, 0.4) is 0 Å². The lowest BCUT2D eigenvalue weighted by Crippen LogP contribution is -2.41. The Labute approximate surface area is 95.4 Å². The van der Waals surface area contributed by atoms with Crippen LogP contribution in [-0.2, 0) is 9.53 Å². The van der Waals surface area contributed by atoms with Crippen molar-refractivity contribution in [1.82, 2.24) is 10.6 Å². The van der Waals surface area contributed by atoms with Gasteiger partial charge in [-0.05, 0) is 6.42 Å². The van der Waals surface area contributed by atoms with Crippen LogP contribution in [0.5, 0.6) is 0 Å². The predicted octanol–water partition coefficient (Wildman–Crippen LogP) is 0.575. The minimum absolute atomic E-state index is 0.119. The van der Waals surface area contributed by atoms with Crippen LogP contribution in [0.25, 0.3) is 0 Å². The van der Waals surface area contributed by atoms with E-state index in [4.69, 9.17) is 9.84 Å². The van der Waals surface area contributed by atoms with Gasteiger partial charge in [0.15, 0.2) is 0 Å². The number of amides is 2. The molecule has 2 amide bonds. The molecular formula is C10H20N2O4. The van der Waals surface area contributed by atoms with E-state index in [2.05, 4.69) is 10.6 Å². The zero-order valence-electron chi connectivity index (χ0n) is 9.78. The summed E-state index contributed by atoms with van der Waals surface area (Å²) < 4.78 is 4.91. The molecule has 3 N–H and O–H groups in total. The molecule has 0 saturated heterocycles. The molecule has 0 aliphatic carbocycles. The van der Waals surface area contributed by atoms with Crippen molar-refractivity contribution in [2.45, 2.75) is 32.3 Å². The number of nitrogens with one attached hydrogen (secondary N) is 2. The van der Waals surface area contributed by atoms with Crippen molar-refractivity contribution in [2.24, 2.45) is 0 Å². The normalized spacial score (nSPS) is 11.9. The van der Waals surface area contributed by atoms with Gasteiger partial charge in [-0.2, -0.15) is 0 Å². The number of carbonyl (C=O) groups is 2. The Balaban J connectivity index is 3.66. The summed E-state index contributed by atoms with van der Waals surface area (Å²) in [6.45, 7) is 2.85. The second kappa shape index (κ2) is 8.96. The van der Waals surface area contributed by atoms with E-state index in [0.29, 0.717) is 6.54 Å². The lowest BCUT2D eigenvalue weighted by Gasteiger charge is -2.14. The van der Waals surface area contributed by atoms with Crippen molar-refractivity contribution >= 4 is 12.0 Å². The van der Waals surface area contributed by atoms with E-state index in [1.165, 1.54) is 7.11 Å². The lowest BCUT2D eigenvalue weighted by atomic mass is 10.2. The van der Waals surface area contributed by atoms with Crippen molar-refractivity contribution < 1.29 is 19.4 Å². The van der Waals surface area contributed by atoms with Crippen LogP contribution >= 0.6 is 0 Å². The van der Waals surface area contributed by atoms with Gasteiger partial charge in [0, 0.05) is 20.2 Å². The van der Waals surface area contributed by atoms with Crippen LogP contribution in [0, 0.1) is 0 Å². The highest BCUT2D eigenvalue weighted by Crippen LogP contribution is 1.95. The first-order valence-electron chi connectivity index (χ1n) is 5.36. The molecule has 0 aromatic rings. The minimum Gasteiger partial charge on any atom is -0.481 e. The SMILES string of the molecule is CCCCNC(=O)NCC(CC(=O)O)OC. The van der Waals surface area contributed by atoms with E-state index in [1.54, 1.807) is 0 Å². The molecule has 6 nitrogen and oxygen atoms in total. The first kappa shape index (κ1) is 14.7. The maximum absolute atomic E-state index is 11.2. The molecule has 16 heavy (non-hydrogen) atoms. The summed E-state index contributed by atoms with van der Waals surface area (Å²) in [5, 5.41) is 13.8. The zero-order chi connectivity index (χ0) is 12.4. The molecule has 94 valence electrons. The molecule has 0 radical (unpaired) electrons. The van der Waals surface area contributed by atoms with E-state index >= 15 is 0 Å². The maximum atomic E-state index is 11.2. The predicted molar refractivity (Wildman–Crippen MR) is 59.4 cm³/mol. The van der Waals surface area contributed by atoms with Crippen molar-refractivity contribution in [1.29, 1.82) is 0 Å². The molecule has 6 heteroatoms. The van der Waals surface area contributed by atoms with E-state index in [0.717, 1.165) is 12.8 Å². The van der Waals surface area contributed by atoms with E-state index in [1.807, 2.05) is 6.92 Å². The third kappa shape index (κ3) is 8.05. The van der Waals surface area contributed by atoms with E-state index < -0.39 is 12.1 Å². The zero-order valence-corrected chi connectivity index (χ0v) is 9.78. The molecular weight excluding hydrogens is 212 g/mol. The Morgan fingerprint density at radius 3 is 2.56 bits per heavy atom. The fourth-order valence-corrected chi connectivity index (χ4v) is 1.08. The number of aliphatic carboxylic acids is 1. The molecule has 1 unspecified atom stereocenters. The van der Waals surface area contributed by atoms with Gasteiger partial charge in [0.25, 0.3) is 0 Å². The van der Waals surface area contributed by atoms with Crippen molar-refractivity contribution in [3.8, 4) is 0 Å². The Bertz CT molecular complexity index is 221. The number of carbonyl (C=O) groups excluding carboxylic acids is 1. The van der Waals surface area contributed by atoms with E-state index in [-0.39, 0.29) is 19.0 Å². The Morgan fingerprint density at radius 2 is 2.06 bits per heavy atom. The molecule has 0 heterocycles. The van der Waals surface area contributed by atoms with Crippen LogP contribution in [-0.4, -0.2) is 43.4 Å². The number of unbranched alkanes of at least 4 members (excludes halogenated alkanes) is 1. The number of carboxylic acids is 1. The first-order chi connectivity index (χ1) is 7.60. The second-order valence-corrected chi connectivity index (χ2v) is 3.45. The Hall–Kier alpha value is -1.30. The highest BCUT2D eigenvalue weighted by Gasteiger charge is 2.12. The van der Waals surface area contributed by atoms with Gasteiger partial charge in [0.1, 0.15) is 0 Å². The highest BCUT2D eigenvalue weighted by molar-refractivity contribution is 5.74. The van der Waals surface area contributed by atoms with E-state index in [9.17, 15) is 9.59 Å². The quantitative estimate of drug-likeness (QED) is 0.534. The summed E-state index contributed by atoms with van der Waals surface area (Å²) in [4.78, 5) is 21.6.